The predicted octanol–water partition coefficient (Wildman–Crippen LogP) is 1.12. The molecular formula is C13H24N2O3. The Bertz CT molecular complexity index is 341. The molecule has 0 aliphatic heterocycles. The van der Waals surface area contributed by atoms with Crippen molar-refractivity contribution < 1.29 is 14.7 Å². The third-order valence-electron chi connectivity index (χ3n) is 3.88. The molecule has 1 amide bonds. The van der Waals surface area contributed by atoms with Gasteiger partial charge in [0, 0.05) is 6.54 Å². The van der Waals surface area contributed by atoms with E-state index < -0.39 is 16.9 Å². The topological polar surface area (TPSA) is 92.4 Å². The lowest BCUT2D eigenvalue weighted by Crippen LogP contribution is -2.60. The molecule has 18 heavy (non-hydrogen) atoms. The maximum atomic E-state index is 12.1. The number of amides is 1. The van der Waals surface area contributed by atoms with Crippen molar-refractivity contribution in [3.63, 3.8) is 0 Å². The molecule has 1 fully saturated rings. The van der Waals surface area contributed by atoms with Crippen molar-refractivity contribution >= 4 is 11.9 Å². The second-order valence-electron chi connectivity index (χ2n) is 6.13. The number of aliphatic carboxylic acids is 1. The van der Waals surface area contributed by atoms with Crippen molar-refractivity contribution in [2.24, 2.45) is 17.1 Å². The van der Waals surface area contributed by atoms with E-state index in [2.05, 4.69) is 5.32 Å². The van der Waals surface area contributed by atoms with Crippen LogP contribution in [0.1, 0.15) is 46.5 Å². The summed E-state index contributed by atoms with van der Waals surface area (Å²) in [5.41, 5.74) is 3.71. The van der Waals surface area contributed by atoms with Crippen LogP contribution in [0.25, 0.3) is 0 Å². The molecule has 5 nitrogen and oxygen atoms in total. The number of rotatable bonds is 4. The van der Waals surface area contributed by atoms with Crippen molar-refractivity contribution in [2.45, 2.75) is 52.0 Å². The molecule has 0 heterocycles. The van der Waals surface area contributed by atoms with Crippen LogP contribution in [0.2, 0.25) is 0 Å². The summed E-state index contributed by atoms with van der Waals surface area (Å²) in [5.74, 6) is -0.895. The summed E-state index contributed by atoms with van der Waals surface area (Å²) < 4.78 is 0. The van der Waals surface area contributed by atoms with Gasteiger partial charge in [-0.05, 0) is 32.6 Å². The standard InChI is InChI=1S/C13H24N2O3/c1-9-5-4-6-13(7-9,11(17)18)15-10(16)12(2,3)8-14/h9H,4-8,14H2,1-3H3,(H,15,16)(H,17,18). The second kappa shape index (κ2) is 5.26. The Kier molecular flexibility index (Phi) is 4.37. The first-order valence-electron chi connectivity index (χ1n) is 6.49. The van der Waals surface area contributed by atoms with Crippen LogP contribution in [-0.4, -0.2) is 29.1 Å². The molecule has 104 valence electrons. The van der Waals surface area contributed by atoms with E-state index >= 15 is 0 Å². The molecule has 0 aromatic heterocycles. The molecule has 1 aliphatic carbocycles. The smallest absolute Gasteiger partial charge is 0.329 e. The highest BCUT2D eigenvalue weighted by Crippen LogP contribution is 2.33. The fourth-order valence-corrected chi connectivity index (χ4v) is 2.39. The Morgan fingerprint density at radius 3 is 2.56 bits per heavy atom. The molecule has 0 aromatic rings. The Hall–Kier alpha value is -1.10. The van der Waals surface area contributed by atoms with Gasteiger partial charge in [-0.15, -0.1) is 0 Å². The molecule has 2 unspecified atom stereocenters. The Balaban J connectivity index is 2.87. The minimum Gasteiger partial charge on any atom is -0.480 e. The van der Waals surface area contributed by atoms with Crippen LogP contribution < -0.4 is 11.1 Å². The summed E-state index contributed by atoms with van der Waals surface area (Å²) in [6.07, 6.45) is 2.84. The van der Waals surface area contributed by atoms with Gasteiger partial charge >= 0.3 is 5.97 Å². The van der Waals surface area contributed by atoms with Crippen LogP contribution in [0.4, 0.5) is 0 Å². The number of hydrogen-bond donors (Lipinski definition) is 3. The highest BCUT2D eigenvalue weighted by Gasteiger charge is 2.45. The van der Waals surface area contributed by atoms with Gasteiger partial charge in [-0.2, -0.15) is 0 Å². The van der Waals surface area contributed by atoms with Gasteiger partial charge in [-0.3, -0.25) is 4.79 Å². The molecule has 0 radical (unpaired) electrons. The summed E-state index contributed by atoms with van der Waals surface area (Å²) in [6, 6.07) is 0. The van der Waals surface area contributed by atoms with Crippen molar-refractivity contribution in [2.75, 3.05) is 6.54 Å². The highest BCUT2D eigenvalue weighted by atomic mass is 16.4. The second-order valence-corrected chi connectivity index (χ2v) is 6.13. The third kappa shape index (κ3) is 3.02. The zero-order valence-electron chi connectivity index (χ0n) is 11.5. The van der Waals surface area contributed by atoms with E-state index in [1.54, 1.807) is 13.8 Å². The maximum absolute atomic E-state index is 12.1. The van der Waals surface area contributed by atoms with Gasteiger partial charge in [0.2, 0.25) is 5.91 Å². The van der Waals surface area contributed by atoms with Crippen molar-refractivity contribution in [1.29, 1.82) is 0 Å². The molecule has 4 N–H and O–H groups in total. The SMILES string of the molecule is CC1CCCC(NC(=O)C(C)(C)CN)(C(=O)O)C1. The number of nitrogens with one attached hydrogen (secondary N) is 1. The Morgan fingerprint density at radius 1 is 1.50 bits per heavy atom. The van der Waals surface area contributed by atoms with E-state index in [-0.39, 0.29) is 12.5 Å². The summed E-state index contributed by atoms with van der Waals surface area (Å²) in [6.45, 7) is 5.68. The zero-order chi connectivity index (χ0) is 14.0. The van der Waals surface area contributed by atoms with Gasteiger partial charge in [-0.25, -0.2) is 4.79 Å². The van der Waals surface area contributed by atoms with E-state index in [4.69, 9.17) is 5.73 Å². The minimum absolute atomic E-state index is 0.198. The van der Waals surface area contributed by atoms with Gasteiger partial charge < -0.3 is 16.2 Å². The van der Waals surface area contributed by atoms with Crippen LogP contribution >= 0.6 is 0 Å². The van der Waals surface area contributed by atoms with Crippen LogP contribution in [0.15, 0.2) is 0 Å². The Morgan fingerprint density at radius 2 is 2.11 bits per heavy atom. The molecule has 1 aliphatic rings. The van der Waals surface area contributed by atoms with Crippen molar-refractivity contribution in [3.8, 4) is 0 Å². The van der Waals surface area contributed by atoms with Crippen LogP contribution in [0, 0.1) is 11.3 Å². The molecule has 0 saturated heterocycles. The van der Waals surface area contributed by atoms with Gasteiger partial charge in [-0.1, -0.05) is 19.8 Å². The number of carboxylic acid groups (broad SMARTS) is 1. The molecule has 0 bridgehead atoms. The summed E-state index contributed by atoms with van der Waals surface area (Å²) in [5, 5.41) is 12.2. The number of carboxylic acids is 1. The predicted molar refractivity (Wildman–Crippen MR) is 69.0 cm³/mol. The number of hydrogen-bond acceptors (Lipinski definition) is 3. The molecule has 5 heteroatoms. The fourth-order valence-electron chi connectivity index (χ4n) is 2.39. The lowest BCUT2D eigenvalue weighted by atomic mass is 9.75. The van der Waals surface area contributed by atoms with Gasteiger partial charge in [0.05, 0.1) is 5.41 Å². The average Bonchev–Trinajstić information content (AvgIpc) is 2.28. The van der Waals surface area contributed by atoms with Gasteiger partial charge in [0.15, 0.2) is 0 Å². The quantitative estimate of drug-likeness (QED) is 0.702. The zero-order valence-corrected chi connectivity index (χ0v) is 11.5. The average molecular weight is 256 g/mol. The highest BCUT2D eigenvalue weighted by molar-refractivity contribution is 5.89. The van der Waals surface area contributed by atoms with E-state index in [1.807, 2.05) is 6.92 Å². The van der Waals surface area contributed by atoms with Crippen LogP contribution in [0.3, 0.4) is 0 Å². The van der Waals surface area contributed by atoms with Crippen molar-refractivity contribution in [1.82, 2.24) is 5.32 Å². The first-order valence-corrected chi connectivity index (χ1v) is 6.49. The van der Waals surface area contributed by atoms with Crippen LogP contribution in [0.5, 0.6) is 0 Å². The summed E-state index contributed by atoms with van der Waals surface area (Å²) in [4.78, 5) is 23.7. The van der Waals surface area contributed by atoms with Crippen molar-refractivity contribution in [3.05, 3.63) is 0 Å². The summed E-state index contributed by atoms with van der Waals surface area (Å²) in [7, 11) is 0. The van der Waals surface area contributed by atoms with E-state index in [0.29, 0.717) is 18.8 Å². The lowest BCUT2D eigenvalue weighted by Gasteiger charge is -2.39. The summed E-state index contributed by atoms with van der Waals surface area (Å²) >= 11 is 0. The first-order chi connectivity index (χ1) is 8.23. The van der Waals surface area contributed by atoms with E-state index in [0.717, 1.165) is 12.8 Å². The van der Waals surface area contributed by atoms with Gasteiger partial charge in [0.25, 0.3) is 0 Å². The molecule has 1 rings (SSSR count). The number of carbonyl (C=O) groups excluding carboxylic acids is 1. The monoisotopic (exact) mass is 256 g/mol. The first kappa shape index (κ1) is 15.0. The maximum Gasteiger partial charge on any atom is 0.329 e. The normalized spacial score (nSPS) is 28.8. The number of carbonyl (C=O) groups is 2. The third-order valence-corrected chi connectivity index (χ3v) is 3.88. The molecule has 0 aromatic carbocycles. The Labute approximate surface area is 108 Å². The largest absolute Gasteiger partial charge is 0.480 e. The van der Waals surface area contributed by atoms with E-state index in [9.17, 15) is 14.7 Å². The fraction of sp³-hybridized carbons (Fsp3) is 0.846. The van der Waals surface area contributed by atoms with Crippen LogP contribution in [-0.2, 0) is 9.59 Å². The lowest BCUT2D eigenvalue weighted by molar-refractivity contribution is -0.151. The molecular weight excluding hydrogens is 232 g/mol. The minimum atomic E-state index is -1.11. The number of nitrogens with two attached hydrogens (primary N) is 1. The molecule has 1 saturated carbocycles. The van der Waals surface area contributed by atoms with Gasteiger partial charge in [0.1, 0.15) is 5.54 Å². The molecule has 2 atom stereocenters. The van der Waals surface area contributed by atoms with E-state index in [1.165, 1.54) is 0 Å². The molecule has 0 spiro atoms.